The molecule has 0 aromatic rings. The molecule has 3 aliphatic rings. The van der Waals surface area contributed by atoms with Gasteiger partial charge in [-0.05, 0) is 18.3 Å². The third-order valence-corrected chi connectivity index (χ3v) is 4.88. The number of ether oxygens (including phenoxy) is 1. The lowest BCUT2D eigenvalue weighted by molar-refractivity contribution is -0.147. The summed E-state index contributed by atoms with van der Waals surface area (Å²) in [6.45, 7) is 4.64. The van der Waals surface area contributed by atoms with E-state index in [0.29, 0.717) is 6.54 Å². The summed E-state index contributed by atoms with van der Waals surface area (Å²) in [6.07, 6.45) is 4.77. The quantitative estimate of drug-likeness (QED) is 0.696. The van der Waals surface area contributed by atoms with Gasteiger partial charge in [-0.1, -0.05) is 12.2 Å². The number of nitrogens with zero attached hydrogens (tertiary/aromatic N) is 1. The highest BCUT2D eigenvalue weighted by atomic mass is 16.5. The molecule has 2 N–H and O–H groups in total. The molecule has 0 spiro atoms. The molecule has 1 saturated heterocycles. The molecule has 21 heavy (non-hydrogen) atoms. The van der Waals surface area contributed by atoms with E-state index < -0.39 is 17.8 Å². The molecule has 0 aromatic heterocycles. The van der Waals surface area contributed by atoms with Gasteiger partial charge in [-0.15, -0.1) is 0 Å². The van der Waals surface area contributed by atoms with Gasteiger partial charge in [0.1, 0.15) is 0 Å². The first kappa shape index (κ1) is 14.5. The number of rotatable bonds is 5. The second-order valence-corrected chi connectivity index (χ2v) is 6.08. The van der Waals surface area contributed by atoms with Crippen molar-refractivity contribution in [3.05, 3.63) is 12.2 Å². The molecular formula is C15H22N2O4. The summed E-state index contributed by atoms with van der Waals surface area (Å²) in [5.41, 5.74) is 0. The molecule has 1 amide bonds. The van der Waals surface area contributed by atoms with E-state index >= 15 is 0 Å². The van der Waals surface area contributed by atoms with Gasteiger partial charge in [0.2, 0.25) is 5.91 Å². The van der Waals surface area contributed by atoms with Gasteiger partial charge < -0.3 is 15.2 Å². The molecule has 1 saturated carbocycles. The number of aliphatic carboxylic acids is 1. The zero-order valence-corrected chi connectivity index (χ0v) is 12.0. The second kappa shape index (κ2) is 6.15. The van der Waals surface area contributed by atoms with E-state index in [0.717, 1.165) is 39.3 Å². The molecule has 116 valence electrons. The summed E-state index contributed by atoms with van der Waals surface area (Å²) in [5.74, 6) is -1.78. The zero-order valence-electron chi connectivity index (χ0n) is 12.0. The first-order valence-electron chi connectivity index (χ1n) is 7.66. The molecule has 2 fully saturated rings. The van der Waals surface area contributed by atoms with Gasteiger partial charge in [0.15, 0.2) is 0 Å². The smallest absolute Gasteiger partial charge is 0.307 e. The standard InChI is InChI=1S/C15H22N2O4/c18-14(16-3-4-17-5-7-21-8-6-17)12-10-1-2-11(9-10)13(12)15(19)20/h1-2,10-13H,3-9H2,(H,16,18)(H,19,20)/t10-,11+,12+,13+/m0/s1. The molecule has 4 atom stereocenters. The highest BCUT2D eigenvalue weighted by Crippen LogP contribution is 2.48. The van der Waals surface area contributed by atoms with Crippen molar-refractivity contribution in [3.8, 4) is 0 Å². The van der Waals surface area contributed by atoms with Gasteiger partial charge in [-0.25, -0.2) is 0 Å². The lowest BCUT2D eigenvalue weighted by Gasteiger charge is -2.27. The lowest BCUT2D eigenvalue weighted by Crippen LogP contribution is -2.44. The van der Waals surface area contributed by atoms with Gasteiger partial charge >= 0.3 is 5.97 Å². The number of carboxylic acids is 1. The average Bonchev–Trinajstić information content (AvgIpc) is 3.08. The number of allylic oxidation sites excluding steroid dienone is 2. The van der Waals surface area contributed by atoms with E-state index in [1.54, 1.807) is 0 Å². The first-order valence-corrected chi connectivity index (χ1v) is 7.66. The van der Waals surface area contributed by atoms with Crippen molar-refractivity contribution in [1.82, 2.24) is 10.2 Å². The highest BCUT2D eigenvalue weighted by molar-refractivity contribution is 5.86. The van der Waals surface area contributed by atoms with Crippen LogP contribution in [0.3, 0.4) is 0 Å². The minimum Gasteiger partial charge on any atom is -0.481 e. The molecule has 6 heteroatoms. The minimum absolute atomic E-state index is 0.0301. The molecule has 1 aliphatic heterocycles. The lowest BCUT2D eigenvalue weighted by atomic mass is 9.82. The summed E-state index contributed by atoms with van der Waals surface area (Å²) in [5, 5.41) is 12.3. The third-order valence-electron chi connectivity index (χ3n) is 4.88. The van der Waals surface area contributed by atoms with Crippen LogP contribution in [0.15, 0.2) is 12.2 Å². The summed E-state index contributed by atoms with van der Waals surface area (Å²) >= 11 is 0. The van der Waals surface area contributed by atoms with Crippen molar-refractivity contribution in [2.45, 2.75) is 6.42 Å². The molecular weight excluding hydrogens is 272 g/mol. The van der Waals surface area contributed by atoms with E-state index in [9.17, 15) is 14.7 Å². The van der Waals surface area contributed by atoms with Gasteiger partial charge in [0, 0.05) is 26.2 Å². The number of carbonyl (C=O) groups is 2. The fourth-order valence-electron chi connectivity index (χ4n) is 3.80. The summed E-state index contributed by atoms with van der Waals surface area (Å²) in [6, 6.07) is 0. The number of carbonyl (C=O) groups excluding carboxylic acids is 1. The van der Waals surface area contributed by atoms with Crippen LogP contribution in [0.25, 0.3) is 0 Å². The van der Waals surface area contributed by atoms with Crippen molar-refractivity contribution in [3.63, 3.8) is 0 Å². The summed E-state index contributed by atoms with van der Waals surface area (Å²) < 4.78 is 5.28. The van der Waals surface area contributed by atoms with Crippen LogP contribution >= 0.6 is 0 Å². The SMILES string of the molecule is O=C(O)[C@H]1[C@H](C(=O)NCCN2CCOCC2)[C@H]2C=C[C@@H]1C2. The predicted molar refractivity (Wildman–Crippen MR) is 75.6 cm³/mol. The van der Waals surface area contributed by atoms with E-state index in [1.165, 1.54) is 0 Å². The normalized spacial score (nSPS) is 35.0. The van der Waals surface area contributed by atoms with Gasteiger partial charge in [0.05, 0.1) is 25.0 Å². The van der Waals surface area contributed by atoms with Crippen LogP contribution in [0.5, 0.6) is 0 Å². The Balaban J connectivity index is 1.50. The number of fused-ring (bicyclic) bond motifs is 2. The Bertz CT molecular complexity index is 445. The van der Waals surface area contributed by atoms with Gasteiger partial charge in [-0.3, -0.25) is 14.5 Å². The van der Waals surface area contributed by atoms with Crippen molar-refractivity contribution in [2.75, 3.05) is 39.4 Å². The monoisotopic (exact) mass is 294 g/mol. The van der Waals surface area contributed by atoms with Crippen LogP contribution in [-0.2, 0) is 14.3 Å². The number of nitrogens with one attached hydrogen (secondary N) is 1. The van der Waals surface area contributed by atoms with Crippen LogP contribution < -0.4 is 5.32 Å². The number of carboxylic acid groups (broad SMARTS) is 1. The van der Waals surface area contributed by atoms with Gasteiger partial charge in [-0.2, -0.15) is 0 Å². The topological polar surface area (TPSA) is 78.9 Å². The zero-order chi connectivity index (χ0) is 14.8. The first-order chi connectivity index (χ1) is 10.2. The van der Waals surface area contributed by atoms with Crippen LogP contribution in [-0.4, -0.2) is 61.3 Å². The maximum atomic E-state index is 12.3. The molecule has 0 unspecified atom stereocenters. The average molecular weight is 294 g/mol. The third kappa shape index (κ3) is 2.96. The molecule has 1 heterocycles. The molecule has 2 aliphatic carbocycles. The molecule has 3 rings (SSSR count). The largest absolute Gasteiger partial charge is 0.481 e. The molecule has 6 nitrogen and oxygen atoms in total. The van der Waals surface area contributed by atoms with Crippen molar-refractivity contribution in [1.29, 1.82) is 0 Å². The second-order valence-electron chi connectivity index (χ2n) is 6.08. The predicted octanol–water partition coefficient (Wildman–Crippen LogP) is -0.0423. The minimum atomic E-state index is -0.847. The van der Waals surface area contributed by atoms with Crippen molar-refractivity contribution in [2.24, 2.45) is 23.7 Å². The Labute approximate surface area is 124 Å². The summed E-state index contributed by atoms with van der Waals surface area (Å²) in [4.78, 5) is 26.0. The van der Waals surface area contributed by atoms with E-state index in [4.69, 9.17) is 4.74 Å². The fourth-order valence-corrected chi connectivity index (χ4v) is 3.80. The Morgan fingerprint density at radius 3 is 2.52 bits per heavy atom. The Morgan fingerprint density at radius 1 is 1.19 bits per heavy atom. The molecule has 2 bridgehead atoms. The van der Waals surface area contributed by atoms with Crippen molar-refractivity contribution >= 4 is 11.9 Å². The summed E-state index contributed by atoms with van der Waals surface area (Å²) in [7, 11) is 0. The number of hydrogen-bond donors (Lipinski definition) is 2. The highest BCUT2D eigenvalue weighted by Gasteiger charge is 2.51. The maximum absolute atomic E-state index is 12.3. The van der Waals surface area contributed by atoms with Gasteiger partial charge in [0.25, 0.3) is 0 Å². The number of amides is 1. The number of morpholine rings is 1. The van der Waals surface area contributed by atoms with Crippen LogP contribution in [0.4, 0.5) is 0 Å². The molecule has 0 aromatic carbocycles. The van der Waals surface area contributed by atoms with Crippen LogP contribution in [0.1, 0.15) is 6.42 Å². The molecule has 0 radical (unpaired) electrons. The Morgan fingerprint density at radius 2 is 1.86 bits per heavy atom. The van der Waals surface area contributed by atoms with E-state index in [-0.39, 0.29) is 17.7 Å². The fraction of sp³-hybridized carbons (Fsp3) is 0.733. The number of hydrogen-bond acceptors (Lipinski definition) is 4. The maximum Gasteiger partial charge on any atom is 0.307 e. The van der Waals surface area contributed by atoms with E-state index in [1.807, 2.05) is 12.2 Å². The van der Waals surface area contributed by atoms with Crippen LogP contribution in [0.2, 0.25) is 0 Å². The van der Waals surface area contributed by atoms with Crippen molar-refractivity contribution < 1.29 is 19.4 Å². The van der Waals surface area contributed by atoms with Crippen LogP contribution in [0, 0.1) is 23.7 Å². The Hall–Kier alpha value is -1.40. The van der Waals surface area contributed by atoms with E-state index in [2.05, 4.69) is 10.2 Å². The Kier molecular flexibility index (Phi) is 4.26.